The van der Waals surface area contributed by atoms with Crippen LogP contribution in [0.4, 0.5) is 0 Å². The van der Waals surface area contributed by atoms with E-state index < -0.39 is 0 Å². The lowest BCUT2D eigenvalue weighted by molar-refractivity contribution is 0.290. The van der Waals surface area contributed by atoms with Gasteiger partial charge in [-0.1, -0.05) is 31.5 Å². The minimum Gasteiger partial charge on any atom is -0.325 e. The second-order valence-corrected chi connectivity index (χ2v) is 4.49. The van der Waals surface area contributed by atoms with Gasteiger partial charge in [0.05, 0.1) is 5.54 Å². The summed E-state index contributed by atoms with van der Waals surface area (Å²) in [6, 6.07) is 0. The van der Waals surface area contributed by atoms with Crippen molar-refractivity contribution in [2.24, 2.45) is 0 Å². The van der Waals surface area contributed by atoms with Crippen molar-refractivity contribution < 1.29 is 0 Å². The summed E-state index contributed by atoms with van der Waals surface area (Å²) in [6.45, 7) is 0. The summed E-state index contributed by atoms with van der Waals surface area (Å²) >= 11 is 10.3. The molecule has 0 amide bonds. The van der Waals surface area contributed by atoms with E-state index in [4.69, 9.17) is 24.4 Å². The number of hydrogen-bond donors (Lipinski definition) is 3. The topological polar surface area (TPSA) is 36.1 Å². The Hall–Kier alpha value is -0.260. The summed E-state index contributed by atoms with van der Waals surface area (Å²) in [5.74, 6) is 0. The molecule has 3 N–H and O–H groups in total. The molecule has 0 unspecified atom stereocenters. The Labute approximate surface area is 88.6 Å². The molecule has 13 heavy (non-hydrogen) atoms. The highest BCUT2D eigenvalue weighted by Gasteiger charge is 2.39. The van der Waals surface area contributed by atoms with Crippen LogP contribution in [-0.4, -0.2) is 15.6 Å². The zero-order valence-corrected chi connectivity index (χ0v) is 8.99. The van der Waals surface area contributed by atoms with Crippen molar-refractivity contribution in [1.82, 2.24) is 16.2 Å². The van der Waals surface area contributed by atoms with E-state index in [-0.39, 0.29) is 5.54 Å². The summed E-state index contributed by atoms with van der Waals surface area (Å²) in [6.07, 6.45) is 6.01. The van der Waals surface area contributed by atoms with Crippen LogP contribution in [-0.2, 0) is 0 Å². The van der Waals surface area contributed by atoms with Crippen LogP contribution in [0.5, 0.6) is 0 Å². The molecule has 1 aliphatic heterocycles. The lowest BCUT2D eigenvalue weighted by Gasteiger charge is -2.42. The van der Waals surface area contributed by atoms with Crippen molar-refractivity contribution in [3.63, 3.8) is 0 Å². The molecule has 2 aliphatic rings. The summed E-state index contributed by atoms with van der Waals surface area (Å²) in [4.78, 5) is 0.857. The monoisotopic (exact) mass is 215 g/mol. The average molecular weight is 215 g/mol. The lowest BCUT2D eigenvalue weighted by Crippen LogP contribution is -2.70. The van der Waals surface area contributed by atoms with Gasteiger partial charge in [-0.15, -0.1) is 0 Å². The van der Waals surface area contributed by atoms with Crippen molar-refractivity contribution in [3.05, 3.63) is 0 Å². The Balaban J connectivity index is 2.12. The summed E-state index contributed by atoms with van der Waals surface area (Å²) in [5, 5.41) is 3.61. The van der Waals surface area contributed by atoms with Gasteiger partial charge in [0, 0.05) is 0 Å². The van der Waals surface area contributed by atoms with Gasteiger partial charge in [-0.05, 0) is 25.1 Å². The standard InChI is InChI=1S/C8H13N3S2/c12-6-8(4-2-1-3-5-8)11-10-7(13)9-6/h11H,1-5H2,(H2,9,10,12,13). The van der Waals surface area contributed by atoms with Crippen molar-refractivity contribution in [2.75, 3.05) is 0 Å². The molecular weight excluding hydrogens is 202 g/mol. The fourth-order valence-corrected chi connectivity index (χ4v) is 2.57. The molecule has 0 bridgehead atoms. The molecule has 3 nitrogen and oxygen atoms in total. The van der Waals surface area contributed by atoms with Crippen LogP contribution >= 0.6 is 24.4 Å². The van der Waals surface area contributed by atoms with Crippen LogP contribution in [0.15, 0.2) is 0 Å². The van der Waals surface area contributed by atoms with E-state index in [0.717, 1.165) is 17.8 Å². The number of thiocarbonyl (C=S) groups is 2. The highest BCUT2D eigenvalue weighted by atomic mass is 32.1. The van der Waals surface area contributed by atoms with Gasteiger partial charge in [0.2, 0.25) is 0 Å². The molecule has 0 radical (unpaired) electrons. The van der Waals surface area contributed by atoms with E-state index in [1.165, 1.54) is 19.3 Å². The number of rotatable bonds is 0. The van der Waals surface area contributed by atoms with E-state index in [1.807, 2.05) is 0 Å². The van der Waals surface area contributed by atoms with Crippen LogP contribution in [0.1, 0.15) is 32.1 Å². The Morgan fingerprint density at radius 2 is 1.77 bits per heavy atom. The zero-order chi connectivity index (χ0) is 9.31. The van der Waals surface area contributed by atoms with Crippen LogP contribution in [0.25, 0.3) is 0 Å². The fourth-order valence-electron chi connectivity index (χ4n) is 1.99. The molecule has 1 saturated carbocycles. The predicted octanol–water partition coefficient (Wildman–Crippen LogP) is 0.999. The van der Waals surface area contributed by atoms with Gasteiger partial charge >= 0.3 is 0 Å². The van der Waals surface area contributed by atoms with E-state index in [9.17, 15) is 0 Å². The first kappa shape index (κ1) is 9.30. The highest BCUT2D eigenvalue weighted by Crippen LogP contribution is 2.29. The van der Waals surface area contributed by atoms with Gasteiger partial charge in [0.1, 0.15) is 4.99 Å². The van der Waals surface area contributed by atoms with E-state index in [1.54, 1.807) is 0 Å². The molecule has 72 valence electrons. The SMILES string of the molecule is S=C1NNC2(CCCCC2)C(=S)N1. The summed E-state index contributed by atoms with van der Waals surface area (Å²) in [7, 11) is 0. The third-order valence-corrected chi connectivity index (χ3v) is 3.48. The Bertz CT molecular complexity index is 246. The largest absolute Gasteiger partial charge is 0.325 e. The molecule has 1 aliphatic carbocycles. The maximum Gasteiger partial charge on any atom is 0.185 e. The first-order valence-corrected chi connectivity index (χ1v) is 5.43. The third kappa shape index (κ3) is 1.68. The smallest absolute Gasteiger partial charge is 0.185 e. The quantitative estimate of drug-likeness (QED) is 0.526. The minimum atomic E-state index is -0.0319. The van der Waals surface area contributed by atoms with Gasteiger partial charge in [0.15, 0.2) is 5.11 Å². The molecule has 1 heterocycles. The molecule has 2 fully saturated rings. The Kier molecular flexibility index (Phi) is 2.49. The normalized spacial score (nSPS) is 26.8. The van der Waals surface area contributed by atoms with Crippen LogP contribution < -0.4 is 16.2 Å². The zero-order valence-electron chi connectivity index (χ0n) is 7.35. The van der Waals surface area contributed by atoms with Crippen molar-refractivity contribution >= 4 is 34.5 Å². The molecule has 0 aromatic carbocycles. The molecule has 0 aromatic rings. The minimum absolute atomic E-state index is 0.0319. The molecule has 2 rings (SSSR count). The number of hydrazine groups is 1. The molecule has 1 spiro atoms. The van der Waals surface area contributed by atoms with Crippen molar-refractivity contribution in [2.45, 2.75) is 37.6 Å². The van der Waals surface area contributed by atoms with Crippen LogP contribution in [0, 0.1) is 0 Å². The Morgan fingerprint density at radius 1 is 1.08 bits per heavy atom. The van der Waals surface area contributed by atoms with Crippen LogP contribution in [0.2, 0.25) is 0 Å². The van der Waals surface area contributed by atoms with E-state index >= 15 is 0 Å². The van der Waals surface area contributed by atoms with Gasteiger partial charge in [-0.3, -0.25) is 5.43 Å². The van der Waals surface area contributed by atoms with Gasteiger partial charge < -0.3 is 5.32 Å². The second-order valence-electron chi connectivity index (χ2n) is 3.68. The summed E-state index contributed by atoms with van der Waals surface area (Å²) < 4.78 is 0. The van der Waals surface area contributed by atoms with Crippen molar-refractivity contribution in [1.29, 1.82) is 0 Å². The van der Waals surface area contributed by atoms with Gasteiger partial charge in [0.25, 0.3) is 0 Å². The van der Waals surface area contributed by atoms with Gasteiger partial charge in [-0.2, -0.15) is 0 Å². The average Bonchev–Trinajstić information content (AvgIpc) is 2.14. The molecular formula is C8H13N3S2. The molecule has 0 aromatic heterocycles. The molecule has 5 heteroatoms. The first-order valence-electron chi connectivity index (χ1n) is 4.62. The summed E-state index contributed by atoms with van der Waals surface area (Å²) in [5.41, 5.74) is 6.16. The lowest BCUT2D eigenvalue weighted by atomic mass is 9.81. The van der Waals surface area contributed by atoms with E-state index in [2.05, 4.69) is 16.2 Å². The first-order chi connectivity index (χ1) is 6.23. The Morgan fingerprint density at radius 3 is 2.38 bits per heavy atom. The van der Waals surface area contributed by atoms with Gasteiger partial charge in [-0.25, -0.2) is 5.43 Å². The highest BCUT2D eigenvalue weighted by molar-refractivity contribution is 7.82. The predicted molar refractivity (Wildman–Crippen MR) is 60.4 cm³/mol. The van der Waals surface area contributed by atoms with Crippen molar-refractivity contribution in [3.8, 4) is 0 Å². The fraction of sp³-hybridized carbons (Fsp3) is 0.750. The van der Waals surface area contributed by atoms with E-state index in [0.29, 0.717) is 5.11 Å². The number of hydrogen-bond acceptors (Lipinski definition) is 3. The second kappa shape index (κ2) is 3.48. The number of nitrogens with one attached hydrogen (secondary N) is 3. The maximum atomic E-state index is 5.31. The maximum absolute atomic E-state index is 5.31. The van der Waals surface area contributed by atoms with Crippen LogP contribution in [0.3, 0.4) is 0 Å². The molecule has 1 saturated heterocycles. The molecule has 0 atom stereocenters. The third-order valence-electron chi connectivity index (χ3n) is 2.78.